The Balaban J connectivity index is 0. The number of benzene rings is 2. The average molecular weight is 596 g/mol. The summed E-state index contributed by atoms with van der Waals surface area (Å²) in [5, 5.41) is 42.3. The summed E-state index contributed by atoms with van der Waals surface area (Å²) < 4.78 is 0. The van der Waals surface area contributed by atoms with Crippen LogP contribution in [0.2, 0.25) is 0 Å². The number of hydrogen-bond acceptors (Lipinski definition) is 6. The minimum atomic E-state index is -0.204. The average Bonchev–Trinajstić information content (AvgIpc) is 2.55. The van der Waals surface area contributed by atoms with Gasteiger partial charge in [0.1, 0.15) is 11.5 Å². The van der Waals surface area contributed by atoms with Crippen molar-refractivity contribution in [1.82, 2.24) is 0 Å². The van der Waals surface area contributed by atoms with Gasteiger partial charge < -0.3 is 31.4 Å². The van der Waals surface area contributed by atoms with Crippen molar-refractivity contribution in [3.8, 4) is 23.0 Å². The minimum absolute atomic E-state index is 0. The summed E-state index contributed by atoms with van der Waals surface area (Å²) in [6.07, 6.45) is 0. The molecule has 0 heterocycles. The fourth-order valence-electron chi connectivity index (χ4n) is 2.21. The first-order chi connectivity index (χ1) is 11.4. The second-order valence-corrected chi connectivity index (χ2v) is 5.30. The van der Waals surface area contributed by atoms with Gasteiger partial charge in [-0.15, -0.1) is 0 Å². The van der Waals surface area contributed by atoms with Gasteiger partial charge >= 0.3 is 0 Å². The van der Waals surface area contributed by atoms with Gasteiger partial charge in [-0.1, -0.05) is 23.6 Å². The summed E-state index contributed by atoms with van der Waals surface area (Å²) in [5.74, 6) is -0.381. The quantitative estimate of drug-likeness (QED) is 0.393. The van der Waals surface area contributed by atoms with Crippen molar-refractivity contribution >= 4 is 11.4 Å². The van der Waals surface area contributed by atoms with Gasteiger partial charge in [0.15, 0.2) is 0 Å². The van der Waals surface area contributed by atoms with Gasteiger partial charge in [-0.2, -0.15) is 0 Å². The van der Waals surface area contributed by atoms with Crippen LogP contribution in [0.25, 0.3) is 0 Å². The first-order valence-electron chi connectivity index (χ1n) is 7.41. The molecule has 0 amide bonds. The zero-order valence-electron chi connectivity index (χ0n) is 14.8. The Hall–Kier alpha value is -2.05. The Morgan fingerprint density at radius 3 is 1.44 bits per heavy atom. The Morgan fingerprint density at radius 2 is 1.11 bits per heavy atom. The van der Waals surface area contributed by atoms with Gasteiger partial charge in [0, 0.05) is 42.5 Å². The van der Waals surface area contributed by atoms with Crippen LogP contribution >= 0.6 is 0 Å². The van der Waals surface area contributed by atoms with Gasteiger partial charge in [-0.3, -0.25) is 9.98 Å². The third kappa shape index (κ3) is 7.61. The van der Waals surface area contributed by atoms with E-state index in [4.69, 9.17) is 0 Å². The van der Waals surface area contributed by atoms with E-state index in [-0.39, 0.29) is 65.1 Å². The van der Waals surface area contributed by atoms with Gasteiger partial charge in [-0.25, -0.2) is 0 Å². The molecule has 27 heavy (non-hydrogen) atoms. The third-order valence-electron chi connectivity index (χ3n) is 3.50. The van der Waals surface area contributed by atoms with Crippen LogP contribution in [-0.4, -0.2) is 34.7 Å². The molecule has 8 nitrogen and oxygen atoms in total. The van der Waals surface area contributed by atoms with E-state index in [0.717, 1.165) is 0 Å². The van der Waals surface area contributed by atoms with Gasteiger partial charge in [0.25, 0.3) is 0 Å². The summed E-state index contributed by atoms with van der Waals surface area (Å²) in [7, 11) is 0. The Morgan fingerprint density at radius 1 is 0.778 bits per heavy atom. The molecule has 0 saturated heterocycles. The minimum Gasteiger partial charge on any atom is -2.00 e. The molecule has 0 aliphatic rings. The summed E-state index contributed by atoms with van der Waals surface area (Å²) in [6.45, 7) is 4.06. The van der Waals surface area contributed by atoms with Crippen LogP contribution in [0.15, 0.2) is 46.4 Å². The van der Waals surface area contributed by atoms with Crippen molar-refractivity contribution in [1.29, 1.82) is 0 Å². The largest absolute Gasteiger partial charge is 2.00 e. The Kier molecular flexibility index (Phi) is 12.4. The number of phenols is 2. The maximum atomic E-state index is 11.7. The maximum Gasteiger partial charge on any atom is 0.116 e. The predicted octanol–water partition coefficient (Wildman–Crippen LogP) is 1.33. The van der Waals surface area contributed by atoms with Crippen LogP contribution in [0.3, 0.4) is 0 Å². The summed E-state index contributed by atoms with van der Waals surface area (Å²) in [5.41, 5.74) is 1.74. The molecule has 0 aromatic heterocycles. The number of phenolic OH excluding ortho intramolecular Hbond substituents is 2. The zero-order valence-corrected chi connectivity index (χ0v) is 19.0. The third-order valence-corrected chi connectivity index (χ3v) is 3.50. The molecule has 0 aliphatic carbocycles. The van der Waals surface area contributed by atoms with E-state index in [2.05, 4.69) is 9.98 Å². The Labute approximate surface area is 180 Å². The first kappa shape index (κ1) is 27.2. The van der Waals surface area contributed by atoms with Crippen LogP contribution in [0, 0.1) is 31.1 Å². The summed E-state index contributed by atoms with van der Waals surface area (Å²) in [6, 6.07) is 8.02. The number of aliphatic imine (C=N–C) groups is 2. The monoisotopic (exact) mass is 596 g/mol. The summed E-state index contributed by atoms with van der Waals surface area (Å²) >= 11 is 0. The van der Waals surface area contributed by atoms with E-state index < -0.39 is 0 Å². The molecule has 2 aromatic carbocycles. The van der Waals surface area contributed by atoms with Gasteiger partial charge in [0.2, 0.25) is 0 Å². The molecule has 146 valence electrons. The van der Waals surface area contributed by atoms with Crippen molar-refractivity contribution < 1.29 is 62.5 Å². The molecule has 2 aromatic rings. The molecular formula is C18H18N2O6U-6. The summed E-state index contributed by atoms with van der Waals surface area (Å²) in [4.78, 5) is 8.55. The molecule has 0 saturated carbocycles. The second kappa shape index (κ2) is 12.4. The van der Waals surface area contributed by atoms with Crippen LogP contribution in [0.5, 0.6) is 23.0 Å². The van der Waals surface area contributed by atoms with Crippen molar-refractivity contribution in [3.05, 3.63) is 47.5 Å². The molecule has 0 radical (unpaired) electrons. The molecule has 0 spiro atoms. The topological polar surface area (TPSA) is 168 Å². The SMILES string of the molecule is CC(=NCCN=C(C)c1cc(O)ccc1[O-])c1cc(O)ccc1[O-].[O-2].[O-2].[U]. The van der Waals surface area contributed by atoms with Crippen molar-refractivity contribution in [2.45, 2.75) is 13.8 Å². The van der Waals surface area contributed by atoms with Crippen LogP contribution in [-0.2, 0) is 11.0 Å². The predicted molar refractivity (Wildman–Crippen MR) is 90.6 cm³/mol. The molecular weight excluding hydrogens is 578 g/mol. The van der Waals surface area contributed by atoms with E-state index in [1.807, 2.05) is 0 Å². The maximum absolute atomic E-state index is 11.7. The number of hydrogen-bond donors (Lipinski definition) is 2. The molecule has 0 fully saturated rings. The fraction of sp³-hybridized carbons (Fsp3) is 0.222. The zero-order chi connectivity index (χ0) is 17.7. The van der Waals surface area contributed by atoms with E-state index in [9.17, 15) is 20.4 Å². The van der Waals surface area contributed by atoms with Crippen LogP contribution in [0.4, 0.5) is 0 Å². The molecule has 0 atom stereocenters. The van der Waals surface area contributed by atoms with Crippen LogP contribution < -0.4 is 10.2 Å². The van der Waals surface area contributed by atoms with E-state index >= 15 is 0 Å². The number of rotatable bonds is 5. The standard InChI is InChI=1S/C18H20N2O4.2O.U/c1-11(15-9-13(21)3-5-17(15)23)19-7-8-20-12(2)16-10-14(22)4-6-18(16)24;;;/h3-6,9-10,21-24H,7-8H2,1-2H3;;;/q;2*-2;/p-2. The number of aromatic hydroxyl groups is 2. The van der Waals surface area contributed by atoms with Gasteiger partial charge in [-0.05, 0) is 49.2 Å². The molecule has 2 rings (SSSR count). The molecule has 0 unspecified atom stereocenters. The first-order valence-corrected chi connectivity index (χ1v) is 7.41. The normalized spacial score (nSPS) is 11.0. The Bertz CT molecular complexity index is 741. The fourth-order valence-corrected chi connectivity index (χ4v) is 2.21. The van der Waals surface area contributed by atoms with E-state index in [0.29, 0.717) is 35.6 Å². The van der Waals surface area contributed by atoms with E-state index in [1.165, 1.54) is 36.4 Å². The molecule has 0 aliphatic heterocycles. The number of nitrogens with zero attached hydrogens (tertiary/aromatic N) is 2. The van der Waals surface area contributed by atoms with E-state index in [1.54, 1.807) is 13.8 Å². The smallest absolute Gasteiger partial charge is 0.116 e. The molecule has 0 bridgehead atoms. The van der Waals surface area contributed by atoms with Gasteiger partial charge in [0.05, 0.1) is 13.1 Å². The van der Waals surface area contributed by atoms with Crippen molar-refractivity contribution in [2.75, 3.05) is 13.1 Å². The molecule has 9 heteroatoms. The van der Waals surface area contributed by atoms with Crippen molar-refractivity contribution in [2.24, 2.45) is 9.98 Å². The van der Waals surface area contributed by atoms with Crippen LogP contribution in [0.1, 0.15) is 25.0 Å². The molecule has 2 N–H and O–H groups in total. The second-order valence-electron chi connectivity index (χ2n) is 5.30. The van der Waals surface area contributed by atoms with Crippen molar-refractivity contribution in [3.63, 3.8) is 0 Å².